The second kappa shape index (κ2) is 4.64. The van der Waals surface area contributed by atoms with Crippen molar-refractivity contribution >= 4 is 11.9 Å². The third-order valence-corrected chi connectivity index (χ3v) is 2.07. The molecule has 0 bridgehead atoms. The van der Waals surface area contributed by atoms with Crippen molar-refractivity contribution < 1.29 is 19.4 Å². The van der Waals surface area contributed by atoms with E-state index in [1.807, 2.05) is 6.92 Å². The third kappa shape index (κ3) is 3.90. The summed E-state index contributed by atoms with van der Waals surface area (Å²) in [7, 11) is 0. The first-order valence-electron chi connectivity index (χ1n) is 5.10. The van der Waals surface area contributed by atoms with Crippen molar-refractivity contribution in [2.75, 3.05) is 0 Å². The zero-order chi connectivity index (χ0) is 12.3. The average molecular weight is 216 g/mol. The summed E-state index contributed by atoms with van der Waals surface area (Å²) in [6, 6.07) is 0. The fourth-order valence-electron chi connectivity index (χ4n) is 1.19. The molecule has 1 unspecified atom stereocenters. The molecule has 4 nitrogen and oxygen atoms in total. The number of hydrogen-bond donors (Lipinski definition) is 1. The molecule has 0 aromatic rings. The maximum atomic E-state index is 11.7. The Labute approximate surface area is 90.6 Å². The highest BCUT2D eigenvalue weighted by atomic mass is 16.6. The first-order valence-corrected chi connectivity index (χ1v) is 5.10. The van der Waals surface area contributed by atoms with Gasteiger partial charge in [0.05, 0.1) is 0 Å². The van der Waals surface area contributed by atoms with E-state index in [9.17, 15) is 9.59 Å². The van der Waals surface area contributed by atoms with Gasteiger partial charge in [-0.15, -0.1) is 0 Å². The Hall–Kier alpha value is -1.06. The van der Waals surface area contributed by atoms with Crippen molar-refractivity contribution in [3.05, 3.63) is 0 Å². The van der Waals surface area contributed by atoms with Crippen molar-refractivity contribution in [1.29, 1.82) is 0 Å². The van der Waals surface area contributed by atoms with E-state index >= 15 is 0 Å². The topological polar surface area (TPSA) is 63.6 Å². The molecule has 0 spiro atoms. The van der Waals surface area contributed by atoms with Crippen LogP contribution in [0.1, 0.15) is 47.5 Å². The van der Waals surface area contributed by atoms with Gasteiger partial charge < -0.3 is 9.84 Å². The smallest absolute Gasteiger partial charge is 0.323 e. The summed E-state index contributed by atoms with van der Waals surface area (Å²) >= 11 is 0. The van der Waals surface area contributed by atoms with Crippen LogP contribution < -0.4 is 0 Å². The second-order valence-electron chi connectivity index (χ2n) is 4.89. The van der Waals surface area contributed by atoms with Gasteiger partial charge in [0.25, 0.3) is 0 Å². The molecule has 0 saturated carbocycles. The molecule has 4 heteroatoms. The summed E-state index contributed by atoms with van der Waals surface area (Å²) in [5.41, 5.74) is -2.08. The minimum absolute atomic E-state index is 0.289. The molecular formula is C11H20O4. The van der Waals surface area contributed by atoms with Crippen LogP contribution in [0.4, 0.5) is 0 Å². The summed E-state index contributed by atoms with van der Waals surface area (Å²) in [5, 5.41) is 9.03. The van der Waals surface area contributed by atoms with Crippen molar-refractivity contribution in [3.63, 3.8) is 0 Å². The van der Waals surface area contributed by atoms with Crippen LogP contribution in [0.15, 0.2) is 0 Å². The van der Waals surface area contributed by atoms with E-state index in [0.717, 1.165) is 0 Å². The molecule has 1 N–H and O–H groups in total. The van der Waals surface area contributed by atoms with Gasteiger partial charge in [0.1, 0.15) is 5.60 Å². The van der Waals surface area contributed by atoms with Gasteiger partial charge in [-0.05, 0) is 34.1 Å². The average Bonchev–Trinajstić information content (AvgIpc) is 2.00. The van der Waals surface area contributed by atoms with Gasteiger partial charge in [0, 0.05) is 0 Å². The highest BCUT2D eigenvalue weighted by Crippen LogP contribution is 2.27. The van der Waals surface area contributed by atoms with E-state index in [1.165, 1.54) is 6.92 Å². The number of carbonyl (C=O) groups excluding carboxylic acids is 1. The number of rotatable bonds is 4. The molecule has 0 aliphatic heterocycles. The SMILES string of the molecule is CCCC(C)(C(=O)O)C(=O)OC(C)(C)C. The number of carbonyl (C=O) groups is 2. The molecule has 88 valence electrons. The van der Waals surface area contributed by atoms with Crippen LogP contribution in [-0.2, 0) is 14.3 Å². The van der Waals surface area contributed by atoms with Crippen molar-refractivity contribution in [1.82, 2.24) is 0 Å². The zero-order valence-electron chi connectivity index (χ0n) is 10.1. The Morgan fingerprint density at radius 3 is 1.93 bits per heavy atom. The summed E-state index contributed by atoms with van der Waals surface area (Å²) in [4.78, 5) is 22.7. The van der Waals surface area contributed by atoms with Crippen molar-refractivity contribution in [2.24, 2.45) is 5.41 Å². The normalized spacial score (nSPS) is 15.5. The molecule has 0 heterocycles. The molecular weight excluding hydrogens is 196 g/mol. The predicted molar refractivity (Wildman–Crippen MR) is 56.5 cm³/mol. The van der Waals surface area contributed by atoms with E-state index in [2.05, 4.69) is 0 Å². The molecule has 0 radical (unpaired) electrons. The van der Waals surface area contributed by atoms with Crippen LogP contribution >= 0.6 is 0 Å². The molecule has 0 amide bonds. The molecule has 0 aliphatic rings. The van der Waals surface area contributed by atoms with E-state index in [4.69, 9.17) is 9.84 Å². The molecule has 0 saturated heterocycles. The van der Waals surface area contributed by atoms with Crippen LogP contribution in [0.3, 0.4) is 0 Å². The summed E-state index contributed by atoms with van der Waals surface area (Å²) in [6.07, 6.45) is 0.916. The zero-order valence-corrected chi connectivity index (χ0v) is 10.1. The lowest BCUT2D eigenvalue weighted by Gasteiger charge is -2.27. The molecule has 0 aliphatic carbocycles. The minimum atomic E-state index is -1.43. The van der Waals surface area contributed by atoms with Gasteiger partial charge >= 0.3 is 11.9 Å². The van der Waals surface area contributed by atoms with Crippen molar-refractivity contribution in [2.45, 2.75) is 53.1 Å². The van der Waals surface area contributed by atoms with E-state index in [1.54, 1.807) is 20.8 Å². The lowest BCUT2D eigenvalue weighted by Crippen LogP contribution is -2.41. The maximum Gasteiger partial charge on any atom is 0.323 e. The minimum Gasteiger partial charge on any atom is -0.480 e. The molecule has 0 fully saturated rings. The lowest BCUT2D eigenvalue weighted by molar-refractivity contribution is -0.176. The number of carboxylic acids is 1. The molecule has 15 heavy (non-hydrogen) atoms. The Balaban J connectivity index is 4.79. The van der Waals surface area contributed by atoms with E-state index in [0.29, 0.717) is 6.42 Å². The standard InChI is InChI=1S/C11H20O4/c1-6-7-11(5,8(12)13)9(14)15-10(2,3)4/h6-7H2,1-5H3,(H,12,13). The first-order chi connectivity index (χ1) is 6.63. The van der Waals surface area contributed by atoms with E-state index < -0.39 is 23.0 Å². The van der Waals surface area contributed by atoms with Crippen LogP contribution in [0, 0.1) is 5.41 Å². The van der Waals surface area contributed by atoms with E-state index in [-0.39, 0.29) is 6.42 Å². The van der Waals surface area contributed by atoms with Gasteiger partial charge in [-0.2, -0.15) is 0 Å². The second-order valence-corrected chi connectivity index (χ2v) is 4.89. The highest BCUT2D eigenvalue weighted by Gasteiger charge is 2.43. The maximum absolute atomic E-state index is 11.7. The van der Waals surface area contributed by atoms with Crippen LogP contribution in [0.2, 0.25) is 0 Å². The quantitative estimate of drug-likeness (QED) is 0.578. The van der Waals surface area contributed by atoms with Crippen molar-refractivity contribution in [3.8, 4) is 0 Å². The number of aliphatic carboxylic acids is 1. The molecule has 0 rings (SSSR count). The fourth-order valence-corrected chi connectivity index (χ4v) is 1.19. The number of hydrogen-bond acceptors (Lipinski definition) is 3. The third-order valence-electron chi connectivity index (χ3n) is 2.07. The Morgan fingerprint density at radius 1 is 1.20 bits per heavy atom. The molecule has 0 aromatic heterocycles. The Morgan fingerprint density at radius 2 is 1.67 bits per heavy atom. The van der Waals surface area contributed by atoms with Crippen LogP contribution in [-0.4, -0.2) is 22.6 Å². The largest absolute Gasteiger partial charge is 0.480 e. The summed E-state index contributed by atoms with van der Waals surface area (Å²) in [6.45, 7) is 8.41. The first kappa shape index (κ1) is 13.9. The Bertz CT molecular complexity index is 252. The fraction of sp³-hybridized carbons (Fsp3) is 0.818. The number of carboxylic acid groups (broad SMARTS) is 1. The van der Waals surface area contributed by atoms with Gasteiger partial charge in [0.2, 0.25) is 0 Å². The monoisotopic (exact) mass is 216 g/mol. The predicted octanol–water partition coefficient (Wildman–Crippen LogP) is 2.22. The number of esters is 1. The highest BCUT2D eigenvalue weighted by molar-refractivity contribution is 5.98. The van der Waals surface area contributed by atoms with Crippen LogP contribution in [0.25, 0.3) is 0 Å². The Kier molecular flexibility index (Phi) is 4.31. The van der Waals surface area contributed by atoms with Gasteiger partial charge in [0.15, 0.2) is 5.41 Å². The molecule has 0 aromatic carbocycles. The summed E-state index contributed by atoms with van der Waals surface area (Å²) in [5.74, 6) is -1.79. The van der Waals surface area contributed by atoms with Gasteiger partial charge in [-0.3, -0.25) is 9.59 Å². The van der Waals surface area contributed by atoms with Gasteiger partial charge in [-0.1, -0.05) is 13.3 Å². The van der Waals surface area contributed by atoms with Gasteiger partial charge in [-0.25, -0.2) is 0 Å². The number of ether oxygens (including phenoxy) is 1. The summed E-state index contributed by atoms with van der Waals surface area (Å²) < 4.78 is 5.10. The van der Waals surface area contributed by atoms with Crippen LogP contribution in [0.5, 0.6) is 0 Å². The lowest BCUT2D eigenvalue weighted by atomic mass is 9.85. The molecule has 1 atom stereocenters.